The molecule has 5 rings (SSSR count). The van der Waals surface area contributed by atoms with Crippen LogP contribution in [0.5, 0.6) is 5.75 Å². The Balaban J connectivity index is 0.794. The minimum atomic E-state index is -3.98. The van der Waals surface area contributed by atoms with E-state index in [2.05, 4.69) is 26.6 Å². The number of carboxylic acid groups (broad SMARTS) is 1. The highest BCUT2D eigenvalue weighted by atomic mass is 33.1. The van der Waals surface area contributed by atoms with E-state index in [4.69, 9.17) is 81.6 Å². The highest BCUT2D eigenvalue weighted by Gasteiger charge is 2.40. The fourth-order valence-electron chi connectivity index (χ4n) is 15.2. The summed E-state index contributed by atoms with van der Waals surface area (Å²) in [5.41, 5.74) is 1.62. The summed E-state index contributed by atoms with van der Waals surface area (Å²) in [4.78, 5) is 170. The number of aromatic nitrogens is 1. The third-order valence-electron chi connectivity index (χ3n) is 23.3. The van der Waals surface area contributed by atoms with Gasteiger partial charge in [-0.1, -0.05) is 100 Å². The molecule has 7 atom stereocenters. The van der Waals surface area contributed by atoms with E-state index in [1.807, 2.05) is 46.6 Å². The van der Waals surface area contributed by atoms with E-state index in [0.29, 0.717) is 180 Å². The van der Waals surface area contributed by atoms with Crippen LogP contribution in [0.2, 0.25) is 0 Å². The first-order valence-corrected chi connectivity index (χ1v) is 57.1. The normalized spacial score (nSPS) is 14.1. The lowest BCUT2D eigenvalue weighted by Crippen LogP contribution is -2.59. The number of carboxylic acids is 1. The highest BCUT2D eigenvalue weighted by molar-refractivity contribution is 8.76. The van der Waals surface area contributed by atoms with E-state index in [0.717, 1.165) is 55.5 Å². The monoisotopic (exact) mass is 2200 g/mol. The molecule has 840 valence electrons. The molecule has 149 heavy (non-hydrogen) atoms. The van der Waals surface area contributed by atoms with Gasteiger partial charge in [-0.2, -0.15) is 0 Å². The number of nitrogens with zero attached hydrogens (tertiary/aromatic N) is 5. The molecule has 0 aliphatic carbocycles. The van der Waals surface area contributed by atoms with Gasteiger partial charge in [0.25, 0.3) is 0 Å². The second kappa shape index (κ2) is 76.6. The van der Waals surface area contributed by atoms with Crippen molar-refractivity contribution in [1.82, 2.24) is 45.9 Å². The van der Waals surface area contributed by atoms with Gasteiger partial charge < -0.3 is 108 Å². The Bertz CT molecular complexity index is 4810. The van der Waals surface area contributed by atoms with Crippen LogP contribution in [0.3, 0.4) is 0 Å². The Labute approximate surface area is 887 Å². The molecule has 0 bridgehead atoms. The maximum Gasteiger partial charge on any atom is 0.325 e. The Kier molecular flexibility index (Phi) is 67.1. The number of thiazole rings is 1. The topological polar surface area (TPSA) is 581 Å². The number of nitrogens with two attached hydrogens (primary N) is 2. The third-order valence-corrected chi connectivity index (χ3v) is 28.4. The average molecular weight is 2200 g/mol. The Morgan fingerprint density at radius 1 is 0.564 bits per heavy atom. The number of amides is 6. The smallest absolute Gasteiger partial charge is 0.325 e. The number of carbonyl (C=O) groups is 12. The number of likely N-dealkylation sites (N-methyl/N-ethyl adjacent to an activating group) is 1. The van der Waals surface area contributed by atoms with Crippen LogP contribution in [0.25, 0.3) is 0 Å². The van der Waals surface area contributed by atoms with Gasteiger partial charge in [0.1, 0.15) is 35.6 Å². The number of hydrogen-bond donors (Lipinski definition) is 9. The molecule has 2 heterocycles. The van der Waals surface area contributed by atoms with Gasteiger partial charge in [-0.15, -0.1) is 11.3 Å². The number of anilines is 1. The summed E-state index contributed by atoms with van der Waals surface area (Å²) in [7, 11) is -3.06. The number of likely N-dealkylation sites (tertiary alicyclic amines) is 1. The van der Waals surface area contributed by atoms with Gasteiger partial charge in [0.15, 0.2) is 24.4 Å². The number of primary sulfonamides is 2. The highest BCUT2D eigenvalue weighted by Crippen LogP contribution is 2.34. The number of esters is 3. The third kappa shape index (κ3) is 59.2. The Morgan fingerprint density at radius 3 is 1.61 bits per heavy atom. The number of benzene rings is 3. The summed E-state index contributed by atoms with van der Waals surface area (Å²) in [5, 5.41) is 45.8. The van der Waals surface area contributed by atoms with Gasteiger partial charge in [0, 0.05) is 113 Å². The van der Waals surface area contributed by atoms with Crippen molar-refractivity contribution in [3.8, 4) is 5.75 Å². The van der Waals surface area contributed by atoms with Crippen molar-refractivity contribution in [3.05, 3.63) is 100 Å². The van der Waals surface area contributed by atoms with Crippen molar-refractivity contribution in [1.29, 1.82) is 0 Å². The van der Waals surface area contributed by atoms with E-state index in [1.165, 1.54) is 104 Å². The van der Waals surface area contributed by atoms with Crippen molar-refractivity contribution in [2.45, 2.75) is 179 Å². The molecule has 1 aromatic heterocycles. The van der Waals surface area contributed by atoms with Crippen LogP contribution in [-0.4, -0.2) is 383 Å². The molecule has 1 aliphatic heterocycles. The minimum absolute atomic E-state index is 0.00773. The van der Waals surface area contributed by atoms with Crippen LogP contribution in [0.4, 0.5) is 5.69 Å². The molecule has 0 spiro atoms. The number of unbranched alkanes of at least 4 members (excludes halogenated alkanes) is 2. The summed E-state index contributed by atoms with van der Waals surface area (Å²) in [6, 6.07) is 14.9. The average Bonchev–Trinajstić information content (AvgIpc) is 1.79. The standard InChI is InChI=1S/C100H158N12O32S5/c1-9-16-94(122)143-72-112(100(126)96(74(5)10-2)108-98(125)86-17-12-13-33-109(86)8)87(73(3)4)65-89(144-76(7)113)99-107-85(71-145-99)88(116)64-79(62-77-18-24-81(114)25-19-77)61-75(6)97(124)105-66-95(123)142-58-60-147-146-59-32-104-90(117)30-38-131-36-14-11-15-37-132-40-42-134-44-46-136-48-50-138-52-54-140-56-57-141-55-53-139-51-49-137-47-45-135-43-41-133-39-31-103-91(118)68-110(67-82(115)63-78-20-26-83(27-21-78)148(101,127)128)34-35-111(70-93(120)121)69-92(119)106-80-22-28-84(29-23-80)149(102,129)130/h18-29,71,73-75,79,86-87,89,96,114H,9-17,30-70,72H2,1-8H3,(H,103,118)(H,104,117)(H,105,124)(H,106,119)(H,108,125)(H,120,121)(H2,101,127,128)(H2,102,129,130)/t74?,75-,79+,86+,87+,89+,96-/m0/s1. The summed E-state index contributed by atoms with van der Waals surface area (Å²) < 4.78 is 125. The summed E-state index contributed by atoms with van der Waals surface area (Å²) in [5.74, 6) is -6.55. The number of phenolic OH excluding ortho intramolecular Hbond substituents is 1. The van der Waals surface area contributed by atoms with Gasteiger partial charge in [-0.25, -0.2) is 32.1 Å². The number of piperidine rings is 1. The molecule has 4 aromatic rings. The van der Waals surface area contributed by atoms with Gasteiger partial charge in [0.2, 0.25) is 55.5 Å². The zero-order chi connectivity index (χ0) is 109. The van der Waals surface area contributed by atoms with E-state index in [1.54, 1.807) is 24.4 Å². The number of ketones is 2. The lowest BCUT2D eigenvalue weighted by molar-refractivity contribution is -0.160. The second-order valence-electron chi connectivity index (χ2n) is 36.0. The zero-order valence-electron chi connectivity index (χ0n) is 87.3. The van der Waals surface area contributed by atoms with E-state index in [9.17, 15) is 79.8 Å². The molecule has 44 nitrogen and oxygen atoms in total. The van der Waals surface area contributed by atoms with E-state index < -0.39 is 123 Å². The Morgan fingerprint density at radius 2 is 1.08 bits per heavy atom. The first-order chi connectivity index (χ1) is 71.4. The maximum absolute atomic E-state index is 15.0. The molecule has 1 saturated heterocycles. The number of sulfonamides is 2. The second-order valence-corrected chi connectivity index (χ2v) is 42.7. The fraction of sp³-hybridized carbons (Fsp3) is 0.670. The molecule has 11 N–H and O–H groups in total. The molecule has 1 unspecified atom stereocenters. The molecule has 6 amide bonds. The van der Waals surface area contributed by atoms with Gasteiger partial charge in [-0.05, 0) is 142 Å². The van der Waals surface area contributed by atoms with Crippen molar-refractivity contribution >= 4 is 130 Å². The number of Topliss-reactive ketones (excluding diaryl/α,β-unsaturated/α-hetero) is 2. The van der Waals surface area contributed by atoms with Crippen LogP contribution in [0.1, 0.15) is 165 Å². The number of carbonyl (C=O) groups excluding carboxylic acids is 11. The van der Waals surface area contributed by atoms with Crippen LogP contribution >= 0.6 is 32.9 Å². The first kappa shape index (κ1) is 131. The van der Waals surface area contributed by atoms with Crippen LogP contribution in [0, 0.1) is 23.7 Å². The van der Waals surface area contributed by atoms with Gasteiger partial charge in [-0.3, -0.25) is 72.2 Å². The lowest BCUT2D eigenvalue weighted by Gasteiger charge is -2.39. The van der Waals surface area contributed by atoms with Gasteiger partial charge in [0.05, 0.1) is 174 Å². The largest absolute Gasteiger partial charge is 0.508 e. The van der Waals surface area contributed by atoms with Crippen molar-refractivity contribution < 1.29 is 151 Å². The van der Waals surface area contributed by atoms with Crippen molar-refractivity contribution in [2.75, 3.05) is 248 Å². The molecular formula is C100H158N12O32S5. The number of hydrogen-bond acceptors (Lipinski definition) is 38. The van der Waals surface area contributed by atoms with E-state index in [-0.39, 0.29) is 166 Å². The van der Waals surface area contributed by atoms with Crippen LogP contribution < -0.4 is 36.9 Å². The van der Waals surface area contributed by atoms with E-state index >= 15 is 4.79 Å². The summed E-state index contributed by atoms with van der Waals surface area (Å²) in [6.45, 7) is 19.8. The quantitative estimate of drug-likeness (QED) is 0.00618. The molecule has 1 aliphatic rings. The maximum atomic E-state index is 15.0. The number of aromatic hydroxyl groups is 1. The van der Waals surface area contributed by atoms with Gasteiger partial charge >= 0.3 is 23.9 Å². The minimum Gasteiger partial charge on any atom is -0.508 e. The molecule has 1 fully saturated rings. The molecular weight excluding hydrogens is 2040 g/mol. The molecule has 0 saturated carbocycles. The summed E-state index contributed by atoms with van der Waals surface area (Å²) in [6.07, 6.45) is 5.91. The fourth-order valence-corrected chi connectivity index (χ4v) is 18.8. The predicted octanol–water partition coefficient (Wildman–Crippen LogP) is 5.92. The summed E-state index contributed by atoms with van der Waals surface area (Å²) >= 11 is 1.11. The number of phenols is 1. The number of ether oxygens (including phenoxy) is 14. The molecule has 0 radical (unpaired) electrons. The lowest BCUT2D eigenvalue weighted by atomic mass is 9.85. The first-order valence-electron chi connectivity index (χ1n) is 50.6. The number of nitrogens with one attached hydrogen (secondary N) is 5. The predicted molar refractivity (Wildman–Crippen MR) is 558 cm³/mol. The number of rotatable bonds is 87. The Hall–Kier alpha value is -8.91. The zero-order valence-corrected chi connectivity index (χ0v) is 91.3. The van der Waals surface area contributed by atoms with Crippen LogP contribution in [-0.2, 0) is 152 Å². The molecule has 49 heteroatoms. The SMILES string of the molecule is CCCC(=O)OCN(C(=O)[C@@H](NC(=O)[C@H]1CCCCN1C)C(C)CC)[C@H](C[C@@H](OC(C)=O)c1nc(C(=O)C[C@@H](Cc2ccc(O)cc2)C[C@H](C)C(=O)NCC(=O)OCCSSCCNC(=O)CCOCCCCCOCCOCCOCCOCCOCCOCCOCCOCCOCCOCCNC(=O)CN(CCN(CC(=O)O)CC(=O)Nc2ccc(S(N)(=O)=O)cc2)CC(=O)Cc2ccc(S(N)(=O)=O)cc2)cs1)C(C)C. The number of aliphatic carboxylic acids is 1. The molecule has 3 aromatic carbocycles. The van der Waals surface area contributed by atoms with Crippen molar-refractivity contribution in [3.63, 3.8) is 0 Å². The van der Waals surface area contributed by atoms with Crippen molar-refractivity contribution in [2.24, 2.45) is 33.9 Å². The van der Waals surface area contributed by atoms with Crippen LogP contribution in [0.15, 0.2) is 88.0 Å².